The van der Waals surface area contributed by atoms with Gasteiger partial charge in [-0.1, -0.05) is 18.2 Å². The third-order valence-corrected chi connectivity index (χ3v) is 4.70. The number of carbonyl (C=O) groups excluding carboxylic acids is 1. The average molecular weight is 396 g/mol. The highest BCUT2D eigenvalue weighted by Crippen LogP contribution is 2.21. The lowest BCUT2D eigenvalue weighted by Gasteiger charge is -2.33. The van der Waals surface area contributed by atoms with Crippen molar-refractivity contribution in [2.45, 2.75) is 58.7 Å². The molecule has 2 rings (SSSR count). The van der Waals surface area contributed by atoms with Crippen LogP contribution < -0.4 is 15.4 Å². The summed E-state index contributed by atoms with van der Waals surface area (Å²) in [6.07, 6.45) is 3.69. The van der Waals surface area contributed by atoms with Gasteiger partial charge in [0.2, 0.25) is 5.91 Å². The van der Waals surface area contributed by atoms with E-state index in [4.69, 9.17) is 0 Å². The van der Waals surface area contributed by atoms with E-state index in [0.717, 1.165) is 19.4 Å². The first-order valence-corrected chi connectivity index (χ1v) is 9.85. The van der Waals surface area contributed by atoms with Gasteiger partial charge in [-0.15, -0.1) is 0 Å². The summed E-state index contributed by atoms with van der Waals surface area (Å²) in [5.74, 6) is 0.798. The summed E-state index contributed by atoms with van der Waals surface area (Å²) >= 11 is 0. The van der Waals surface area contributed by atoms with Crippen LogP contribution in [-0.2, 0) is 11.3 Å². The summed E-state index contributed by atoms with van der Waals surface area (Å²) < 4.78 is 29.6. The number of piperidine rings is 1. The molecular formula is C20H30F2N4O2. The van der Waals surface area contributed by atoms with E-state index in [1.807, 2.05) is 11.8 Å². The minimum Gasteiger partial charge on any atom is -0.434 e. The Morgan fingerprint density at radius 1 is 1.32 bits per heavy atom. The third-order valence-electron chi connectivity index (χ3n) is 4.70. The average Bonchev–Trinajstić information content (AvgIpc) is 2.67. The molecule has 0 aliphatic carbocycles. The molecule has 2 N–H and O–H groups in total. The number of alkyl halides is 2. The second-order valence-electron chi connectivity index (χ2n) is 6.79. The molecule has 1 saturated heterocycles. The predicted octanol–water partition coefficient (Wildman–Crippen LogP) is 3.13. The van der Waals surface area contributed by atoms with Crippen LogP contribution in [0.25, 0.3) is 0 Å². The van der Waals surface area contributed by atoms with Crippen molar-refractivity contribution in [3.63, 3.8) is 0 Å². The molecule has 8 heteroatoms. The lowest BCUT2D eigenvalue weighted by atomic mass is 10.0. The van der Waals surface area contributed by atoms with Gasteiger partial charge in [0.15, 0.2) is 5.96 Å². The number of carbonyl (C=O) groups is 1. The van der Waals surface area contributed by atoms with Gasteiger partial charge in [-0.05, 0) is 39.2 Å². The fourth-order valence-corrected chi connectivity index (χ4v) is 3.25. The monoisotopic (exact) mass is 396 g/mol. The van der Waals surface area contributed by atoms with E-state index in [2.05, 4.69) is 27.3 Å². The number of guanidine groups is 1. The number of benzene rings is 1. The van der Waals surface area contributed by atoms with E-state index >= 15 is 0 Å². The molecule has 1 aliphatic rings. The molecule has 1 aromatic carbocycles. The van der Waals surface area contributed by atoms with Crippen molar-refractivity contribution in [2.75, 3.05) is 19.6 Å². The minimum absolute atomic E-state index is 0.117. The Balaban J connectivity index is 1.89. The molecule has 1 atom stereocenters. The zero-order chi connectivity index (χ0) is 20.4. The van der Waals surface area contributed by atoms with Crippen molar-refractivity contribution in [1.29, 1.82) is 0 Å². The molecule has 0 spiro atoms. The van der Waals surface area contributed by atoms with Crippen molar-refractivity contribution in [3.8, 4) is 5.75 Å². The molecule has 1 fully saturated rings. The van der Waals surface area contributed by atoms with Gasteiger partial charge in [-0.25, -0.2) is 4.99 Å². The highest BCUT2D eigenvalue weighted by Gasteiger charge is 2.22. The van der Waals surface area contributed by atoms with E-state index < -0.39 is 6.61 Å². The maximum atomic E-state index is 12.5. The number of halogens is 2. The topological polar surface area (TPSA) is 66.0 Å². The number of aliphatic imine (C=N–C) groups is 1. The summed E-state index contributed by atoms with van der Waals surface area (Å²) in [4.78, 5) is 18.8. The van der Waals surface area contributed by atoms with Crippen LogP contribution in [-0.4, -0.2) is 49.1 Å². The summed E-state index contributed by atoms with van der Waals surface area (Å²) in [6, 6.07) is 6.89. The Hall–Kier alpha value is -2.38. The van der Waals surface area contributed by atoms with Crippen LogP contribution in [0.4, 0.5) is 8.78 Å². The minimum atomic E-state index is -2.88. The molecule has 156 valence electrons. The molecule has 1 unspecified atom stereocenters. The van der Waals surface area contributed by atoms with Crippen LogP contribution in [0.5, 0.6) is 5.75 Å². The maximum Gasteiger partial charge on any atom is 0.387 e. The van der Waals surface area contributed by atoms with Crippen molar-refractivity contribution >= 4 is 11.9 Å². The molecule has 1 aliphatic heterocycles. The van der Waals surface area contributed by atoms with Gasteiger partial charge in [0, 0.05) is 37.7 Å². The second-order valence-corrected chi connectivity index (χ2v) is 6.79. The van der Waals surface area contributed by atoms with E-state index in [0.29, 0.717) is 37.1 Å². The number of nitrogens with zero attached hydrogens (tertiary/aromatic N) is 2. The summed E-state index contributed by atoms with van der Waals surface area (Å²) in [7, 11) is 0. The van der Waals surface area contributed by atoms with Crippen LogP contribution in [0.3, 0.4) is 0 Å². The summed E-state index contributed by atoms with van der Waals surface area (Å²) in [6.45, 7) is 3.28. The van der Waals surface area contributed by atoms with Crippen molar-refractivity contribution < 1.29 is 18.3 Å². The Morgan fingerprint density at radius 2 is 2.11 bits per heavy atom. The van der Waals surface area contributed by atoms with Gasteiger partial charge < -0.3 is 20.3 Å². The SMILES string of the molecule is CCNC(=NCc1ccccc1OC(F)F)NCCC(=O)N1CCCCC1C. The van der Waals surface area contributed by atoms with Gasteiger partial charge in [-0.2, -0.15) is 8.78 Å². The van der Waals surface area contributed by atoms with Crippen LogP contribution >= 0.6 is 0 Å². The normalized spacial score (nSPS) is 17.5. The van der Waals surface area contributed by atoms with Gasteiger partial charge >= 0.3 is 6.61 Å². The number of hydrogen-bond donors (Lipinski definition) is 2. The first kappa shape index (κ1) is 21.9. The fourth-order valence-electron chi connectivity index (χ4n) is 3.25. The molecule has 1 heterocycles. The van der Waals surface area contributed by atoms with Crippen LogP contribution in [0.15, 0.2) is 29.3 Å². The van der Waals surface area contributed by atoms with E-state index in [-0.39, 0.29) is 18.2 Å². The zero-order valence-electron chi connectivity index (χ0n) is 16.6. The van der Waals surface area contributed by atoms with Gasteiger partial charge in [0.05, 0.1) is 6.54 Å². The molecule has 0 aromatic heterocycles. The van der Waals surface area contributed by atoms with Crippen molar-refractivity contribution in [1.82, 2.24) is 15.5 Å². The van der Waals surface area contributed by atoms with Crippen molar-refractivity contribution in [2.24, 2.45) is 4.99 Å². The largest absolute Gasteiger partial charge is 0.434 e. The number of rotatable bonds is 8. The number of likely N-dealkylation sites (tertiary alicyclic amines) is 1. The smallest absolute Gasteiger partial charge is 0.387 e. The lowest BCUT2D eigenvalue weighted by molar-refractivity contribution is -0.134. The molecule has 0 radical (unpaired) electrons. The number of nitrogens with one attached hydrogen (secondary N) is 2. The first-order chi connectivity index (χ1) is 13.5. The third kappa shape index (κ3) is 6.98. The predicted molar refractivity (Wildman–Crippen MR) is 106 cm³/mol. The van der Waals surface area contributed by atoms with Crippen LogP contribution in [0, 0.1) is 0 Å². The number of para-hydroxylation sites is 1. The van der Waals surface area contributed by atoms with Crippen LogP contribution in [0.1, 0.15) is 45.1 Å². The summed E-state index contributed by atoms with van der Waals surface area (Å²) in [5.41, 5.74) is 0.568. The van der Waals surface area contributed by atoms with Crippen molar-refractivity contribution in [3.05, 3.63) is 29.8 Å². The highest BCUT2D eigenvalue weighted by molar-refractivity contribution is 5.81. The second kappa shape index (κ2) is 11.5. The first-order valence-electron chi connectivity index (χ1n) is 9.85. The van der Waals surface area contributed by atoms with Gasteiger partial charge in [-0.3, -0.25) is 4.79 Å². The molecule has 0 saturated carbocycles. The molecule has 6 nitrogen and oxygen atoms in total. The molecular weight excluding hydrogens is 366 g/mol. The molecule has 1 aromatic rings. The number of amides is 1. The van der Waals surface area contributed by atoms with E-state index in [1.165, 1.54) is 12.5 Å². The van der Waals surface area contributed by atoms with E-state index in [9.17, 15) is 13.6 Å². The standard InChI is InChI=1S/C20H30F2N4O2/c1-3-23-20(24-12-11-18(27)26-13-7-6-8-15(26)2)25-14-16-9-4-5-10-17(16)28-19(21)22/h4-5,9-10,15,19H,3,6-8,11-14H2,1-2H3,(H2,23,24,25). The lowest BCUT2D eigenvalue weighted by Crippen LogP contribution is -2.44. The van der Waals surface area contributed by atoms with Gasteiger partial charge in [0.25, 0.3) is 0 Å². The molecule has 1 amide bonds. The molecule has 28 heavy (non-hydrogen) atoms. The fraction of sp³-hybridized carbons (Fsp3) is 0.600. The number of ether oxygens (including phenoxy) is 1. The summed E-state index contributed by atoms with van der Waals surface area (Å²) in [5, 5.41) is 6.24. The molecule has 0 bridgehead atoms. The Kier molecular flexibility index (Phi) is 8.97. The number of hydrogen-bond acceptors (Lipinski definition) is 3. The Morgan fingerprint density at radius 3 is 2.82 bits per heavy atom. The van der Waals surface area contributed by atoms with Crippen LogP contribution in [0.2, 0.25) is 0 Å². The zero-order valence-corrected chi connectivity index (χ0v) is 16.6. The Labute approximate surface area is 165 Å². The Bertz CT molecular complexity index is 655. The maximum absolute atomic E-state index is 12.5. The van der Waals surface area contributed by atoms with E-state index in [1.54, 1.807) is 18.2 Å². The van der Waals surface area contributed by atoms with Gasteiger partial charge in [0.1, 0.15) is 5.75 Å². The highest BCUT2D eigenvalue weighted by atomic mass is 19.3. The quantitative estimate of drug-likeness (QED) is 0.523.